The molecule has 1 heterocycles. The van der Waals surface area contributed by atoms with Gasteiger partial charge in [0.05, 0.1) is 17.1 Å². The van der Waals surface area contributed by atoms with Gasteiger partial charge in [0.25, 0.3) is 11.8 Å². The van der Waals surface area contributed by atoms with Crippen molar-refractivity contribution in [3.05, 3.63) is 167 Å². The predicted molar refractivity (Wildman–Crippen MR) is 306 cm³/mol. The highest BCUT2D eigenvalue weighted by Gasteiger charge is 2.21. The minimum Gasteiger partial charge on any atom is -0.398 e. The standard InChI is InChI=1S/C61H72N10O2/c1-38(2)68-55-35-49(62)40(5)30-54(55)69-53-33-42(7)51(32-44(53)9)64-26-14-10-12-16-28-66-60(72)47-22-18-45(19-23-47)46-20-24-48(25-21-46)61(73)67-29-17-13-11-15-27-65-52-37-59-57(34-43(52)8)70-56-31-41(6)50(63)36-58(56)71(59)39(3)4/h18-25,30-37,64,68H,1,3,9-17,26-29,62H2,2,4-8H3,(H4,63,65,66,67,72,73)/p+1. The molecule has 1 aliphatic carbocycles. The number of anilines is 4. The van der Waals surface area contributed by atoms with Gasteiger partial charge < -0.3 is 38.1 Å². The van der Waals surface area contributed by atoms with Crippen LogP contribution in [0.3, 0.4) is 0 Å². The van der Waals surface area contributed by atoms with Gasteiger partial charge in [-0.05, 0) is 167 Å². The van der Waals surface area contributed by atoms with Crippen LogP contribution in [0.2, 0.25) is 0 Å². The second-order valence-corrected chi connectivity index (χ2v) is 19.4. The summed E-state index contributed by atoms with van der Waals surface area (Å²) in [5.41, 5.74) is 32.2. The average molecular weight is 978 g/mol. The van der Waals surface area contributed by atoms with E-state index in [9.17, 15) is 9.59 Å². The summed E-state index contributed by atoms with van der Waals surface area (Å²) < 4.78 is 2.14. The molecule has 12 heteroatoms. The number of amides is 2. The lowest BCUT2D eigenvalue weighted by Crippen LogP contribution is -2.33. The molecule has 0 saturated carbocycles. The number of benzene rings is 5. The van der Waals surface area contributed by atoms with E-state index in [4.69, 9.17) is 21.4 Å². The summed E-state index contributed by atoms with van der Waals surface area (Å²) in [6.45, 7) is 27.5. The van der Waals surface area contributed by atoms with Gasteiger partial charge in [0, 0.05) is 84.8 Å². The Morgan fingerprint density at radius 3 is 1.67 bits per heavy atom. The van der Waals surface area contributed by atoms with Crippen LogP contribution in [-0.4, -0.2) is 48.7 Å². The molecule has 73 heavy (non-hydrogen) atoms. The molecule has 0 bridgehead atoms. The van der Waals surface area contributed by atoms with Crippen LogP contribution in [0.15, 0.2) is 144 Å². The third-order valence-electron chi connectivity index (χ3n) is 13.2. The van der Waals surface area contributed by atoms with Crippen molar-refractivity contribution in [2.24, 2.45) is 4.99 Å². The van der Waals surface area contributed by atoms with Crippen molar-refractivity contribution in [3.63, 3.8) is 0 Å². The smallest absolute Gasteiger partial charge is 0.251 e. The fraction of sp³-hybridized carbons (Fsp3) is 0.295. The van der Waals surface area contributed by atoms with Crippen LogP contribution >= 0.6 is 0 Å². The molecule has 0 radical (unpaired) electrons. The van der Waals surface area contributed by atoms with Crippen LogP contribution in [-0.2, 0) is 0 Å². The largest absolute Gasteiger partial charge is 0.398 e. The number of nitrogens with one attached hydrogen (secondary N) is 5. The molecule has 0 saturated heterocycles. The number of fused-ring (bicyclic) bond motifs is 2. The summed E-state index contributed by atoms with van der Waals surface area (Å²) in [5, 5.41) is 16.6. The number of allylic oxidation sites excluding steroid dienone is 6. The van der Waals surface area contributed by atoms with Crippen LogP contribution in [0.25, 0.3) is 38.9 Å². The molecule has 12 nitrogen and oxygen atoms in total. The van der Waals surface area contributed by atoms with Gasteiger partial charge in [-0.1, -0.05) is 63.1 Å². The highest BCUT2D eigenvalue weighted by atomic mass is 16.2. The molecule has 1 aliphatic rings. The molecule has 0 atom stereocenters. The quantitative estimate of drug-likeness (QED) is 0.0144. The Labute approximate surface area is 431 Å². The Hall–Kier alpha value is -7.99. The van der Waals surface area contributed by atoms with Crippen LogP contribution in [0, 0.1) is 20.8 Å². The highest BCUT2D eigenvalue weighted by Crippen LogP contribution is 2.33. The monoisotopic (exact) mass is 978 g/mol. The first kappa shape index (κ1) is 52.8. The number of aliphatic imine (C=N–C) groups is 1. The number of nitrogens with two attached hydrogens (primary N) is 2. The third-order valence-corrected chi connectivity index (χ3v) is 13.2. The maximum Gasteiger partial charge on any atom is 0.251 e. The van der Waals surface area contributed by atoms with E-state index in [2.05, 4.69) is 89.0 Å². The number of nitrogens with zero attached hydrogens (tertiary/aromatic N) is 3. The number of hydrogen-bond donors (Lipinski definition) is 7. The summed E-state index contributed by atoms with van der Waals surface area (Å²) in [6, 6.07) is 27.4. The van der Waals surface area contributed by atoms with Crippen molar-refractivity contribution >= 4 is 73.7 Å². The van der Waals surface area contributed by atoms with Gasteiger partial charge in [0.15, 0.2) is 5.70 Å². The summed E-state index contributed by atoms with van der Waals surface area (Å²) in [7, 11) is 0. The predicted octanol–water partition coefficient (Wildman–Crippen LogP) is 12.3. The molecule has 0 unspecified atom stereocenters. The van der Waals surface area contributed by atoms with Crippen molar-refractivity contribution in [2.45, 2.75) is 92.9 Å². The van der Waals surface area contributed by atoms with Gasteiger partial charge in [0.1, 0.15) is 11.0 Å². The van der Waals surface area contributed by atoms with E-state index in [1.165, 1.54) is 0 Å². The molecular weight excluding hydrogens is 905 g/mol. The van der Waals surface area contributed by atoms with E-state index in [-0.39, 0.29) is 11.8 Å². The molecule has 378 valence electrons. The minimum atomic E-state index is -0.0804. The number of carbonyl (C=O) groups is 2. The first-order chi connectivity index (χ1) is 35.1. The normalized spacial score (nSPS) is 12.9. The number of carbonyl (C=O) groups excluding carboxylic acids is 2. The van der Waals surface area contributed by atoms with E-state index < -0.39 is 0 Å². The molecule has 6 aromatic rings. The molecule has 0 spiro atoms. The Kier molecular flexibility index (Phi) is 17.7. The zero-order valence-corrected chi connectivity index (χ0v) is 43.7. The van der Waals surface area contributed by atoms with Crippen molar-refractivity contribution in [3.8, 4) is 11.1 Å². The Balaban J connectivity index is 0.757. The molecule has 0 fully saturated rings. The van der Waals surface area contributed by atoms with E-state index in [0.717, 1.165) is 171 Å². The average Bonchev–Trinajstić information content (AvgIpc) is 3.35. The van der Waals surface area contributed by atoms with Gasteiger partial charge in [-0.3, -0.25) is 9.59 Å². The molecule has 5 aromatic carbocycles. The Morgan fingerprint density at radius 2 is 1.11 bits per heavy atom. The first-order valence-corrected chi connectivity index (χ1v) is 25.5. The number of unbranched alkanes of at least 4 members (excludes halogenated alkanes) is 6. The van der Waals surface area contributed by atoms with Gasteiger partial charge in [-0.15, -0.1) is 0 Å². The van der Waals surface area contributed by atoms with Crippen molar-refractivity contribution in [2.75, 3.05) is 48.3 Å². The number of nitrogen functional groups attached to an aromatic ring is 2. The third kappa shape index (κ3) is 13.7. The zero-order chi connectivity index (χ0) is 52.2. The van der Waals surface area contributed by atoms with E-state index in [0.29, 0.717) is 29.9 Å². The molecule has 7 rings (SSSR count). The number of rotatable bonds is 23. The zero-order valence-electron chi connectivity index (χ0n) is 43.7. The summed E-state index contributed by atoms with van der Waals surface area (Å²) in [5.74, 6) is -0.159. The fourth-order valence-electron chi connectivity index (χ4n) is 8.96. The Bertz CT molecular complexity index is 3160. The lowest BCUT2D eigenvalue weighted by atomic mass is 9.99. The van der Waals surface area contributed by atoms with Gasteiger partial charge >= 0.3 is 0 Å². The number of aryl methyl sites for hydroxylation is 3. The molecule has 2 amide bonds. The number of aromatic nitrogens is 2. The van der Waals surface area contributed by atoms with Crippen molar-refractivity contribution < 1.29 is 14.2 Å². The second-order valence-electron chi connectivity index (χ2n) is 19.4. The number of hydrogen-bond acceptors (Lipinski definition) is 9. The first-order valence-electron chi connectivity index (χ1n) is 25.5. The Morgan fingerprint density at radius 1 is 0.603 bits per heavy atom. The maximum absolute atomic E-state index is 12.9. The summed E-state index contributed by atoms with van der Waals surface area (Å²) >= 11 is 0. The lowest BCUT2D eigenvalue weighted by molar-refractivity contribution is -0.522. The van der Waals surface area contributed by atoms with Crippen molar-refractivity contribution in [1.82, 2.24) is 20.9 Å². The highest BCUT2D eigenvalue weighted by molar-refractivity contribution is 6.13. The minimum absolute atomic E-state index is 0.0783. The van der Waals surface area contributed by atoms with E-state index >= 15 is 0 Å². The van der Waals surface area contributed by atoms with Crippen molar-refractivity contribution in [1.29, 1.82) is 0 Å². The van der Waals surface area contributed by atoms with Crippen LogP contribution < -0.4 is 42.6 Å². The topological polar surface area (TPSA) is 175 Å². The molecular formula is C61H73N10O2+. The summed E-state index contributed by atoms with van der Waals surface area (Å²) in [6.07, 6.45) is 12.1. The SMILES string of the molecule is C=C(C)Nc1cc(N)c(C)cc1N=C1C=C(C)C(NCCCCCCNC(=O)c2ccc(-c3ccc(C(=O)NCCCCCCNc4cc5c(cc4C)nc4cc(C)c(N)cc4[n+]5C(=C)C)cc3)cc2)=CC1=C. The maximum atomic E-state index is 12.9. The lowest BCUT2D eigenvalue weighted by Gasteiger charge is -2.19. The van der Waals surface area contributed by atoms with E-state index in [1.54, 1.807) is 0 Å². The van der Waals surface area contributed by atoms with Gasteiger partial charge in [-0.2, -0.15) is 4.57 Å². The van der Waals surface area contributed by atoms with E-state index in [1.807, 2.05) is 100 Å². The van der Waals surface area contributed by atoms with Crippen LogP contribution in [0.4, 0.5) is 28.4 Å². The van der Waals surface area contributed by atoms with Crippen LogP contribution in [0.5, 0.6) is 0 Å². The second kappa shape index (κ2) is 24.4. The molecule has 9 N–H and O–H groups in total. The fourth-order valence-corrected chi connectivity index (χ4v) is 8.96. The molecule has 1 aromatic heterocycles. The van der Waals surface area contributed by atoms with Gasteiger partial charge in [-0.25, -0.2) is 9.98 Å². The van der Waals surface area contributed by atoms with Crippen LogP contribution in [0.1, 0.15) is 110 Å². The molecule has 0 aliphatic heterocycles. The van der Waals surface area contributed by atoms with Gasteiger partial charge in [0.2, 0.25) is 11.0 Å². The summed E-state index contributed by atoms with van der Waals surface area (Å²) in [4.78, 5) is 35.8.